The molecule has 110 valence electrons. The first-order valence-corrected chi connectivity index (χ1v) is 6.55. The van der Waals surface area contributed by atoms with Crippen molar-refractivity contribution in [3.8, 4) is 11.5 Å². The van der Waals surface area contributed by atoms with Gasteiger partial charge in [-0.3, -0.25) is 9.59 Å². The maximum atomic E-state index is 11.8. The quantitative estimate of drug-likeness (QED) is 0.613. The second-order valence-corrected chi connectivity index (χ2v) is 6.75. The third kappa shape index (κ3) is 4.68. The van der Waals surface area contributed by atoms with Crippen LogP contribution in [0.2, 0.25) is 0 Å². The van der Waals surface area contributed by atoms with Gasteiger partial charge in [0, 0.05) is 6.07 Å². The van der Waals surface area contributed by atoms with Crippen molar-refractivity contribution >= 4 is 11.9 Å². The molecule has 0 aliphatic carbocycles. The highest BCUT2D eigenvalue weighted by atomic mass is 16.5. The lowest BCUT2D eigenvalue weighted by Gasteiger charge is -2.18. The van der Waals surface area contributed by atoms with E-state index < -0.39 is 10.8 Å². The van der Waals surface area contributed by atoms with Crippen LogP contribution in [0.15, 0.2) is 24.3 Å². The number of hydrogen-bond acceptors (Lipinski definition) is 4. The van der Waals surface area contributed by atoms with Crippen LogP contribution in [0.1, 0.15) is 41.5 Å². The number of carbonyl (C=O) groups excluding carboxylic acids is 2. The van der Waals surface area contributed by atoms with E-state index in [2.05, 4.69) is 0 Å². The molecule has 0 saturated carbocycles. The Kier molecular flexibility index (Phi) is 4.58. The largest absolute Gasteiger partial charge is 0.426 e. The Bertz CT molecular complexity index is 461. The zero-order valence-electron chi connectivity index (χ0n) is 12.9. The summed E-state index contributed by atoms with van der Waals surface area (Å²) in [6, 6.07) is 6.51. The Morgan fingerprint density at radius 2 is 1.15 bits per heavy atom. The van der Waals surface area contributed by atoms with Crippen LogP contribution in [0, 0.1) is 10.8 Å². The molecule has 1 rings (SSSR count). The molecule has 0 radical (unpaired) electrons. The molecule has 0 amide bonds. The van der Waals surface area contributed by atoms with Gasteiger partial charge < -0.3 is 9.47 Å². The summed E-state index contributed by atoms with van der Waals surface area (Å²) in [6.45, 7) is 10.7. The Morgan fingerprint density at radius 3 is 1.45 bits per heavy atom. The second kappa shape index (κ2) is 5.65. The van der Waals surface area contributed by atoms with Crippen molar-refractivity contribution < 1.29 is 19.1 Å². The minimum Gasteiger partial charge on any atom is -0.426 e. The standard InChI is InChI=1S/C16H22O4/c1-15(2,3)13(17)19-11-8-7-9-12(10-11)20-14(18)16(4,5)6/h7-10H,1-6H3. The van der Waals surface area contributed by atoms with Gasteiger partial charge in [-0.15, -0.1) is 0 Å². The normalized spacial score (nSPS) is 11.9. The SMILES string of the molecule is CC(C)(C)C(=O)Oc1cccc(OC(=O)C(C)(C)C)c1. The number of rotatable bonds is 2. The first-order valence-electron chi connectivity index (χ1n) is 6.55. The first kappa shape index (κ1) is 16.2. The van der Waals surface area contributed by atoms with Crippen molar-refractivity contribution in [2.75, 3.05) is 0 Å². The molecule has 0 bridgehead atoms. The maximum absolute atomic E-state index is 11.8. The Hall–Kier alpha value is -1.84. The van der Waals surface area contributed by atoms with Crippen LogP contribution >= 0.6 is 0 Å². The highest BCUT2D eigenvalue weighted by Crippen LogP contribution is 2.25. The van der Waals surface area contributed by atoms with E-state index >= 15 is 0 Å². The van der Waals surface area contributed by atoms with E-state index in [1.54, 1.807) is 59.7 Å². The first-order chi connectivity index (χ1) is 9.00. The summed E-state index contributed by atoms with van der Waals surface area (Å²) in [4.78, 5) is 23.6. The summed E-state index contributed by atoms with van der Waals surface area (Å²) in [5.74, 6) is 0.0573. The Labute approximate surface area is 120 Å². The fraction of sp³-hybridized carbons (Fsp3) is 0.500. The molecule has 0 unspecified atom stereocenters. The van der Waals surface area contributed by atoms with Crippen LogP contribution in [0.5, 0.6) is 11.5 Å². The molecular weight excluding hydrogens is 256 g/mol. The van der Waals surface area contributed by atoms with Gasteiger partial charge in [-0.05, 0) is 53.7 Å². The summed E-state index contributed by atoms with van der Waals surface area (Å²) in [7, 11) is 0. The summed E-state index contributed by atoms with van der Waals surface area (Å²) < 4.78 is 10.5. The molecule has 0 aromatic heterocycles. The predicted octanol–water partition coefficient (Wildman–Crippen LogP) is 3.59. The van der Waals surface area contributed by atoms with Crippen LogP contribution in [0.3, 0.4) is 0 Å². The van der Waals surface area contributed by atoms with Gasteiger partial charge in [0.2, 0.25) is 0 Å². The van der Waals surface area contributed by atoms with Crippen molar-refractivity contribution in [2.45, 2.75) is 41.5 Å². The number of benzene rings is 1. The monoisotopic (exact) mass is 278 g/mol. The van der Waals surface area contributed by atoms with Gasteiger partial charge in [-0.1, -0.05) is 6.07 Å². The predicted molar refractivity (Wildman–Crippen MR) is 76.6 cm³/mol. The summed E-state index contributed by atoms with van der Waals surface area (Å²) in [5, 5.41) is 0. The maximum Gasteiger partial charge on any atom is 0.316 e. The minimum atomic E-state index is -0.585. The molecule has 0 spiro atoms. The average Bonchev–Trinajstić information content (AvgIpc) is 2.26. The topological polar surface area (TPSA) is 52.6 Å². The lowest BCUT2D eigenvalue weighted by atomic mass is 9.97. The molecule has 1 aromatic carbocycles. The molecule has 4 heteroatoms. The second-order valence-electron chi connectivity index (χ2n) is 6.75. The van der Waals surface area contributed by atoms with Gasteiger partial charge in [-0.25, -0.2) is 0 Å². The summed E-state index contributed by atoms with van der Waals surface area (Å²) in [6.07, 6.45) is 0. The smallest absolute Gasteiger partial charge is 0.316 e. The third-order valence-electron chi connectivity index (χ3n) is 2.45. The van der Waals surface area contributed by atoms with E-state index in [0.29, 0.717) is 11.5 Å². The zero-order chi connectivity index (χ0) is 15.6. The fourth-order valence-electron chi connectivity index (χ4n) is 1.12. The van der Waals surface area contributed by atoms with E-state index in [-0.39, 0.29) is 11.9 Å². The zero-order valence-corrected chi connectivity index (χ0v) is 12.9. The molecule has 0 aliphatic heterocycles. The van der Waals surface area contributed by atoms with Crippen molar-refractivity contribution in [1.29, 1.82) is 0 Å². The minimum absolute atomic E-state index is 0.336. The molecule has 0 heterocycles. The summed E-state index contributed by atoms with van der Waals surface area (Å²) >= 11 is 0. The van der Waals surface area contributed by atoms with Crippen LogP contribution in [0.25, 0.3) is 0 Å². The van der Waals surface area contributed by atoms with E-state index in [0.717, 1.165) is 0 Å². The van der Waals surface area contributed by atoms with Gasteiger partial charge >= 0.3 is 11.9 Å². The third-order valence-corrected chi connectivity index (χ3v) is 2.45. The molecule has 0 N–H and O–H groups in total. The molecule has 0 atom stereocenters. The lowest BCUT2D eigenvalue weighted by molar-refractivity contribution is -0.143. The van der Waals surface area contributed by atoms with Crippen molar-refractivity contribution in [1.82, 2.24) is 0 Å². The Balaban J connectivity index is 2.82. The highest BCUT2D eigenvalue weighted by Gasteiger charge is 2.25. The van der Waals surface area contributed by atoms with E-state index in [9.17, 15) is 9.59 Å². The van der Waals surface area contributed by atoms with Crippen LogP contribution in [0.4, 0.5) is 0 Å². The molecular formula is C16H22O4. The van der Waals surface area contributed by atoms with Crippen molar-refractivity contribution in [3.05, 3.63) is 24.3 Å². The molecule has 0 fully saturated rings. The van der Waals surface area contributed by atoms with Gasteiger partial charge in [0.1, 0.15) is 11.5 Å². The molecule has 20 heavy (non-hydrogen) atoms. The summed E-state index contributed by atoms with van der Waals surface area (Å²) in [5.41, 5.74) is -1.17. The Morgan fingerprint density at radius 1 is 0.800 bits per heavy atom. The van der Waals surface area contributed by atoms with Crippen LogP contribution in [-0.2, 0) is 9.59 Å². The van der Waals surface area contributed by atoms with Crippen LogP contribution in [-0.4, -0.2) is 11.9 Å². The molecule has 4 nitrogen and oxygen atoms in total. The average molecular weight is 278 g/mol. The van der Waals surface area contributed by atoms with Crippen LogP contribution < -0.4 is 9.47 Å². The van der Waals surface area contributed by atoms with Gasteiger partial charge in [0.15, 0.2) is 0 Å². The fourth-order valence-corrected chi connectivity index (χ4v) is 1.12. The number of hydrogen-bond donors (Lipinski definition) is 0. The highest BCUT2D eigenvalue weighted by molar-refractivity contribution is 5.79. The van der Waals surface area contributed by atoms with E-state index in [1.807, 2.05) is 0 Å². The number of esters is 2. The van der Waals surface area contributed by atoms with Gasteiger partial charge in [-0.2, -0.15) is 0 Å². The molecule has 0 saturated heterocycles. The lowest BCUT2D eigenvalue weighted by Crippen LogP contribution is -2.26. The van der Waals surface area contributed by atoms with Gasteiger partial charge in [0.05, 0.1) is 10.8 Å². The molecule has 0 aliphatic rings. The van der Waals surface area contributed by atoms with E-state index in [1.165, 1.54) is 6.07 Å². The van der Waals surface area contributed by atoms with Gasteiger partial charge in [0.25, 0.3) is 0 Å². The van der Waals surface area contributed by atoms with Crippen molar-refractivity contribution in [3.63, 3.8) is 0 Å². The van der Waals surface area contributed by atoms with E-state index in [4.69, 9.17) is 9.47 Å². The number of carbonyl (C=O) groups is 2. The van der Waals surface area contributed by atoms with Crippen molar-refractivity contribution in [2.24, 2.45) is 10.8 Å². The molecule has 1 aromatic rings. The number of ether oxygens (including phenoxy) is 2.